The summed E-state index contributed by atoms with van der Waals surface area (Å²) in [6, 6.07) is 3.89. The normalized spacial score (nSPS) is 24.4. The van der Waals surface area contributed by atoms with Crippen LogP contribution < -0.4 is 93.3 Å². The minimum Gasteiger partial charge on any atom is -0.370 e. The Morgan fingerprint density at radius 2 is 0.859 bits per heavy atom. The molecule has 2 aromatic carbocycles. The van der Waals surface area contributed by atoms with Crippen LogP contribution in [0.25, 0.3) is 0 Å². The molecule has 1 fully saturated rings. The van der Waals surface area contributed by atoms with Crippen molar-refractivity contribution in [1.82, 2.24) is 53.2 Å². The number of aliphatic imine (C=N–C) groups is 2. The number of nitrogens with one attached hydrogen (secondary N) is 10. The molecular formula is C62H101N19O11. The molecule has 0 saturated carbocycles. The van der Waals surface area contributed by atoms with E-state index in [1.54, 1.807) is 102 Å². The van der Waals surface area contributed by atoms with Gasteiger partial charge < -0.3 is 93.3 Å². The average Bonchev–Trinajstić information content (AvgIpc) is 0.964. The molecule has 0 aromatic heterocycles. The summed E-state index contributed by atoms with van der Waals surface area (Å²) >= 11 is 0. The van der Waals surface area contributed by atoms with Gasteiger partial charge in [0.1, 0.15) is 54.4 Å². The fourth-order valence-electron chi connectivity index (χ4n) is 9.88. The summed E-state index contributed by atoms with van der Waals surface area (Å²) in [5, 5.41) is 27.3. The van der Waals surface area contributed by atoms with Crippen LogP contribution in [0.15, 0.2) is 70.6 Å². The quantitative estimate of drug-likeness (QED) is 0.0316. The highest BCUT2D eigenvalue weighted by molar-refractivity contribution is 5.99. The van der Waals surface area contributed by atoms with Gasteiger partial charge in [-0.1, -0.05) is 115 Å². The molecule has 510 valence electrons. The van der Waals surface area contributed by atoms with Crippen LogP contribution in [0.2, 0.25) is 0 Å². The lowest BCUT2D eigenvalue weighted by Crippen LogP contribution is -2.62. The average molecular weight is 1290 g/mol. The summed E-state index contributed by atoms with van der Waals surface area (Å²) in [6.07, 6.45) is 0.663. The molecule has 0 spiro atoms. The maximum atomic E-state index is 14.9. The van der Waals surface area contributed by atoms with Crippen molar-refractivity contribution in [3.63, 3.8) is 0 Å². The van der Waals surface area contributed by atoms with Gasteiger partial charge in [0.2, 0.25) is 65.0 Å². The Kier molecular flexibility index (Phi) is 34.2. The van der Waals surface area contributed by atoms with Crippen molar-refractivity contribution in [2.45, 2.75) is 192 Å². The maximum absolute atomic E-state index is 14.9. The summed E-state index contributed by atoms with van der Waals surface area (Å²) in [4.78, 5) is 164. The zero-order chi connectivity index (χ0) is 68.5. The molecule has 30 nitrogen and oxygen atoms in total. The molecule has 12 atom stereocenters. The van der Waals surface area contributed by atoms with Crippen LogP contribution >= 0.6 is 0 Å². The molecule has 0 aliphatic carbocycles. The second kappa shape index (κ2) is 40.7. The van der Waals surface area contributed by atoms with E-state index in [0.29, 0.717) is 36.8 Å². The Bertz CT molecular complexity index is 2800. The molecule has 0 radical (unpaired) electrons. The monoisotopic (exact) mass is 1290 g/mol. The van der Waals surface area contributed by atoms with Crippen molar-refractivity contribution in [2.75, 3.05) is 26.2 Å². The van der Waals surface area contributed by atoms with Gasteiger partial charge in [-0.25, -0.2) is 0 Å². The molecule has 24 N–H and O–H groups in total. The van der Waals surface area contributed by atoms with Crippen LogP contribution in [0.5, 0.6) is 0 Å². The number of nitrogens with two attached hydrogens (primary N) is 7. The number of unbranched alkanes of at least 4 members (excludes halogenated alkanes) is 1. The van der Waals surface area contributed by atoms with Crippen LogP contribution in [0.1, 0.15) is 130 Å². The predicted molar refractivity (Wildman–Crippen MR) is 348 cm³/mol. The Hall–Kier alpha value is -8.93. The number of primary amides is 1. The molecule has 1 heterocycles. The SMILES string of the molecule is CC[C@H](C)[C@@H]1NC(=O)[C@H](CCCN=C(N)N)NC(=O)[C@H](Cc2ccccc2)NC(=O)[C@H](CCCCN)NC(=O)[C@H](Cc2ccccc2)NC(=O)[C@H](CCCN=C(N)N)NC(=O)[C@@H](N)CCNC(=O)CC[C@@H](C(N)=O)NC(=O)[C@H]([C@@H](C)CC)NC(=O)[C@H](C(C)C)NC1=O. The summed E-state index contributed by atoms with van der Waals surface area (Å²) in [5.41, 5.74) is 41.5. The van der Waals surface area contributed by atoms with Gasteiger partial charge in [-0.2, -0.15) is 0 Å². The second-order valence-corrected chi connectivity index (χ2v) is 23.6. The third-order valence-electron chi connectivity index (χ3n) is 15.8. The predicted octanol–water partition coefficient (Wildman–Crippen LogP) is -3.07. The Balaban J connectivity index is 2.25. The lowest BCUT2D eigenvalue weighted by molar-refractivity contribution is -0.137. The first-order valence-corrected chi connectivity index (χ1v) is 31.6. The second-order valence-electron chi connectivity index (χ2n) is 23.6. The van der Waals surface area contributed by atoms with E-state index < -0.39 is 143 Å². The van der Waals surface area contributed by atoms with E-state index in [1.807, 2.05) is 0 Å². The number of benzene rings is 2. The number of carbonyl (C=O) groups excluding carboxylic acids is 11. The van der Waals surface area contributed by atoms with Gasteiger partial charge >= 0.3 is 0 Å². The molecule has 2 aromatic rings. The molecule has 1 saturated heterocycles. The lowest BCUT2D eigenvalue weighted by Gasteiger charge is -2.31. The largest absolute Gasteiger partial charge is 0.370 e. The molecule has 0 bridgehead atoms. The van der Waals surface area contributed by atoms with E-state index in [4.69, 9.17) is 40.1 Å². The van der Waals surface area contributed by atoms with Crippen LogP contribution in [0, 0.1) is 17.8 Å². The standard InChI is InChI=1S/C62H101N19O11/c1-7-36(5)49-59(91)73-41(51(65)83)26-27-47(82)70-32-28-40(64)52(84)74-43(24-17-30-71-61(66)67)54(86)78-45(33-38-19-11-9-12-20-38)56(88)75-42(23-15-16-29-63)53(85)77-46(34-39-21-13-10-14-22-39)57(89)76-44(25-18-31-72-62(68)69)55(87)80-50(37(6)8-2)60(92)79-48(35(3)4)58(90)81-49/h9-14,19-22,35-37,40-46,48-50H,7-8,15-18,23-34,63-64H2,1-6H3,(H2,65,83)(H,70,82)(H,73,91)(H,74,84)(H,75,88)(H,76,89)(H,77,85)(H,78,86)(H,79,92)(H,80,87)(H,81,90)(H4,66,67,71)(H4,68,69,72)/t36-,37-,40-,41-,42-,43-,44-,45-,46-,48-,49-,50-/m0/s1. The fraction of sp³-hybridized carbons (Fsp3) is 0.597. The van der Waals surface area contributed by atoms with Crippen LogP contribution in [-0.4, -0.2) is 163 Å². The zero-order valence-electron chi connectivity index (χ0n) is 53.9. The highest BCUT2D eigenvalue weighted by Crippen LogP contribution is 2.16. The van der Waals surface area contributed by atoms with Gasteiger partial charge in [-0.15, -0.1) is 0 Å². The summed E-state index contributed by atoms with van der Waals surface area (Å²) in [7, 11) is 0. The number of carbonyl (C=O) groups is 11. The van der Waals surface area contributed by atoms with E-state index in [0.717, 1.165) is 0 Å². The van der Waals surface area contributed by atoms with E-state index in [2.05, 4.69) is 63.2 Å². The van der Waals surface area contributed by atoms with Crippen molar-refractivity contribution in [3.8, 4) is 0 Å². The number of hydrogen-bond donors (Lipinski definition) is 17. The molecule has 1 aliphatic heterocycles. The molecular weight excluding hydrogens is 1190 g/mol. The topological polar surface area (TPSA) is 515 Å². The number of nitrogens with zero attached hydrogens (tertiary/aromatic N) is 2. The smallest absolute Gasteiger partial charge is 0.243 e. The Labute approximate surface area is 538 Å². The van der Waals surface area contributed by atoms with E-state index >= 15 is 0 Å². The highest BCUT2D eigenvalue weighted by atomic mass is 16.2. The van der Waals surface area contributed by atoms with E-state index in [-0.39, 0.29) is 102 Å². The van der Waals surface area contributed by atoms with Crippen molar-refractivity contribution >= 4 is 76.9 Å². The Morgan fingerprint density at radius 1 is 0.478 bits per heavy atom. The molecule has 0 unspecified atom stereocenters. The minimum atomic E-state index is -1.41. The van der Waals surface area contributed by atoms with Gasteiger partial charge in [0.05, 0.1) is 6.04 Å². The first-order chi connectivity index (χ1) is 43.7. The zero-order valence-corrected chi connectivity index (χ0v) is 53.9. The summed E-state index contributed by atoms with van der Waals surface area (Å²) < 4.78 is 0. The number of hydrogen-bond acceptors (Lipinski definition) is 15. The van der Waals surface area contributed by atoms with Crippen LogP contribution in [0.4, 0.5) is 0 Å². The first-order valence-electron chi connectivity index (χ1n) is 31.6. The van der Waals surface area contributed by atoms with Gasteiger partial charge in [-0.3, -0.25) is 62.7 Å². The van der Waals surface area contributed by atoms with Gasteiger partial charge in [0.15, 0.2) is 11.9 Å². The third kappa shape index (κ3) is 27.7. The molecule has 1 aliphatic rings. The Morgan fingerprint density at radius 3 is 1.28 bits per heavy atom. The summed E-state index contributed by atoms with van der Waals surface area (Å²) in [6.45, 7) is 10.4. The van der Waals surface area contributed by atoms with Crippen molar-refractivity contribution in [3.05, 3.63) is 71.8 Å². The van der Waals surface area contributed by atoms with E-state index in [9.17, 15) is 52.7 Å². The number of guanidine groups is 2. The lowest BCUT2D eigenvalue weighted by atomic mass is 9.94. The maximum Gasteiger partial charge on any atom is 0.243 e. The number of rotatable bonds is 22. The summed E-state index contributed by atoms with van der Waals surface area (Å²) in [5.74, 6) is -11.0. The molecule has 3 rings (SSSR count). The van der Waals surface area contributed by atoms with Crippen molar-refractivity contribution < 1.29 is 52.7 Å². The van der Waals surface area contributed by atoms with Gasteiger partial charge in [0, 0.05) is 38.9 Å². The van der Waals surface area contributed by atoms with Gasteiger partial charge in [-0.05, 0) is 93.2 Å². The highest BCUT2D eigenvalue weighted by Gasteiger charge is 2.38. The minimum absolute atomic E-state index is 0.0121. The van der Waals surface area contributed by atoms with Crippen molar-refractivity contribution in [2.24, 2.45) is 67.9 Å². The van der Waals surface area contributed by atoms with Gasteiger partial charge in [0.25, 0.3) is 0 Å². The third-order valence-corrected chi connectivity index (χ3v) is 15.8. The van der Waals surface area contributed by atoms with Crippen LogP contribution in [-0.2, 0) is 65.6 Å². The van der Waals surface area contributed by atoms with E-state index in [1.165, 1.54) is 0 Å². The van der Waals surface area contributed by atoms with Crippen LogP contribution in [0.3, 0.4) is 0 Å². The van der Waals surface area contributed by atoms with Crippen molar-refractivity contribution in [1.29, 1.82) is 0 Å². The molecule has 11 amide bonds. The molecule has 92 heavy (non-hydrogen) atoms. The number of amides is 11. The molecule has 30 heteroatoms. The fourth-order valence-corrected chi connectivity index (χ4v) is 9.88. The first kappa shape index (κ1) is 77.3.